The molecular formula is C2H9CuNOS2. The van der Waals surface area contributed by atoms with Crippen LogP contribution < -0.4 is 5.73 Å². The Bertz CT molecular complexity index is 17.7. The summed E-state index contributed by atoms with van der Waals surface area (Å²) in [5, 5.41) is 7.75. The molecule has 0 fully saturated rings. The molecule has 0 aromatic carbocycles. The number of nitrogens with two attached hydrogens (primary N) is 1. The van der Waals surface area contributed by atoms with Crippen molar-refractivity contribution in [3.05, 3.63) is 0 Å². The van der Waals surface area contributed by atoms with E-state index < -0.39 is 0 Å². The molecule has 0 saturated heterocycles. The van der Waals surface area contributed by atoms with Crippen molar-refractivity contribution in [3.8, 4) is 0 Å². The van der Waals surface area contributed by atoms with Crippen LogP contribution in [0.1, 0.15) is 0 Å². The fourth-order valence-corrected chi connectivity index (χ4v) is 0. The van der Waals surface area contributed by atoms with Gasteiger partial charge >= 0.3 is 17.1 Å². The van der Waals surface area contributed by atoms with Crippen molar-refractivity contribution < 1.29 is 22.2 Å². The van der Waals surface area contributed by atoms with E-state index in [2.05, 4.69) is 0 Å². The van der Waals surface area contributed by atoms with Gasteiger partial charge in [0.2, 0.25) is 0 Å². The molecule has 0 spiro atoms. The van der Waals surface area contributed by atoms with Gasteiger partial charge in [-0.25, -0.2) is 0 Å². The molecule has 3 N–H and O–H groups in total. The standard InChI is InChI=1S/C2H7NO.Cu.H2S.S/c3-1-2-4;;;/h4H,1-3H2;;1H2;/q;+2;;-2. The fraction of sp³-hybridized carbons (Fsp3) is 1.00. The first-order valence-electron chi connectivity index (χ1n) is 1.22. The van der Waals surface area contributed by atoms with Crippen LogP contribution in [0.4, 0.5) is 0 Å². The summed E-state index contributed by atoms with van der Waals surface area (Å²) < 4.78 is 0. The normalized spacial score (nSPS) is 4.29. The Hall–Kier alpha value is 1.14. The first kappa shape index (κ1) is 24.2. The largest absolute Gasteiger partial charge is 2.00 e. The summed E-state index contributed by atoms with van der Waals surface area (Å²) >= 11 is 0. The predicted octanol–water partition coefficient (Wildman–Crippen LogP) is -0.955. The van der Waals surface area contributed by atoms with Crippen molar-refractivity contribution in [3.63, 3.8) is 0 Å². The number of hydrogen-bond acceptors (Lipinski definition) is 2. The molecule has 0 atom stereocenters. The minimum atomic E-state index is 0. The van der Waals surface area contributed by atoms with Gasteiger partial charge in [0.25, 0.3) is 0 Å². The molecule has 5 heteroatoms. The molecule has 0 saturated carbocycles. The molecule has 0 aromatic rings. The van der Waals surface area contributed by atoms with Gasteiger partial charge < -0.3 is 24.3 Å². The van der Waals surface area contributed by atoms with Crippen LogP contribution in [0.15, 0.2) is 0 Å². The van der Waals surface area contributed by atoms with Gasteiger partial charge in [0.05, 0.1) is 6.61 Å². The van der Waals surface area contributed by atoms with Crippen molar-refractivity contribution >= 4 is 27.0 Å². The zero-order valence-electron chi connectivity index (χ0n) is 3.65. The summed E-state index contributed by atoms with van der Waals surface area (Å²) in [6, 6.07) is 0. The van der Waals surface area contributed by atoms with Gasteiger partial charge in [-0.05, 0) is 0 Å². The van der Waals surface area contributed by atoms with Crippen molar-refractivity contribution in [2.45, 2.75) is 0 Å². The zero-order valence-corrected chi connectivity index (χ0v) is 6.41. The van der Waals surface area contributed by atoms with Gasteiger partial charge in [-0.3, -0.25) is 0 Å². The first-order chi connectivity index (χ1) is 1.91. The summed E-state index contributed by atoms with van der Waals surface area (Å²) in [6.07, 6.45) is 0. The van der Waals surface area contributed by atoms with E-state index >= 15 is 0 Å². The van der Waals surface area contributed by atoms with Gasteiger partial charge in [-0.15, -0.1) is 0 Å². The molecule has 0 aliphatic carbocycles. The third-order valence-electron chi connectivity index (χ3n) is 0.129. The topological polar surface area (TPSA) is 46.2 Å². The van der Waals surface area contributed by atoms with E-state index in [4.69, 9.17) is 10.8 Å². The van der Waals surface area contributed by atoms with Gasteiger partial charge in [-0.1, -0.05) is 0 Å². The van der Waals surface area contributed by atoms with E-state index in [1.807, 2.05) is 0 Å². The second kappa shape index (κ2) is 27.3. The van der Waals surface area contributed by atoms with Crippen molar-refractivity contribution in [2.75, 3.05) is 13.2 Å². The molecule has 0 aromatic heterocycles. The van der Waals surface area contributed by atoms with Crippen LogP contribution >= 0.6 is 13.5 Å². The smallest absolute Gasteiger partial charge is 2.00 e. The molecule has 0 aliphatic rings. The van der Waals surface area contributed by atoms with Crippen LogP contribution in [0.3, 0.4) is 0 Å². The van der Waals surface area contributed by atoms with Crippen molar-refractivity contribution in [2.24, 2.45) is 5.73 Å². The maximum atomic E-state index is 7.75. The summed E-state index contributed by atoms with van der Waals surface area (Å²) in [4.78, 5) is 0. The van der Waals surface area contributed by atoms with Gasteiger partial charge in [0, 0.05) is 6.54 Å². The summed E-state index contributed by atoms with van der Waals surface area (Å²) in [5.41, 5.74) is 4.78. The molecule has 0 aliphatic heterocycles. The fourth-order valence-electron chi connectivity index (χ4n) is 0. The Labute approximate surface area is 68.2 Å². The van der Waals surface area contributed by atoms with E-state index in [-0.39, 0.29) is 50.7 Å². The molecule has 51 valence electrons. The minimum Gasteiger partial charge on any atom is -2.00 e. The van der Waals surface area contributed by atoms with E-state index in [0.29, 0.717) is 6.54 Å². The number of aliphatic hydroxyl groups is 1. The zero-order chi connectivity index (χ0) is 3.41. The van der Waals surface area contributed by atoms with Crippen LogP contribution in [-0.4, -0.2) is 18.3 Å². The molecule has 0 heterocycles. The SMILES string of the molecule is NCCO.S.[Cu+2].[S-2]. The Morgan fingerprint density at radius 2 is 1.57 bits per heavy atom. The van der Waals surface area contributed by atoms with E-state index in [1.165, 1.54) is 0 Å². The quantitative estimate of drug-likeness (QED) is 0.524. The second-order valence-corrected chi connectivity index (χ2v) is 0.512. The predicted molar refractivity (Wildman–Crippen MR) is 33.9 cm³/mol. The molecular weight excluding hydrogens is 182 g/mol. The van der Waals surface area contributed by atoms with Gasteiger partial charge in [0.15, 0.2) is 0 Å². The van der Waals surface area contributed by atoms with Gasteiger partial charge in [0.1, 0.15) is 0 Å². The molecule has 0 bridgehead atoms. The molecule has 1 radical (unpaired) electrons. The average molecular weight is 191 g/mol. The Balaban J connectivity index is -0.0000000150. The van der Waals surface area contributed by atoms with Crippen molar-refractivity contribution in [1.29, 1.82) is 0 Å². The molecule has 0 amide bonds. The number of aliphatic hydroxyl groups excluding tert-OH is 1. The Morgan fingerprint density at radius 1 is 1.43 bits per heavy atom. The van der Waals surface area contributed by atoms with E-state index in [1.54, 1.807) is 0 Å². The first-order valence-corrected chi connectivity index (χ1v) is 1.22. The summed E-state index contributed by atoms with van der Waals surface area (Å²) in [5.74, 6) is 0. The van der Waals surface area contributed by atoms with Gasteiger partial charge in [-0.2, -0.15) is 13.5 Å². The molecule has 7 heavy (non-hydrogen) atoms. The van der Waals surface area contributed by atoms with Crippen LogP contribution in [0.2, 0.25) is 0 Å². The average Bonchev–Trinajstić information content (AvgIpc) is 1.37. The number of hydrogen-bond donors (Lipinski definition) is 2. The van der Waals surface area contributed by atoms with Crippen LogP contribution in [0.25, 0.3) is 0 Å². The molecule has 0 rings (SSSR count). The Morgan fingerprint density at radius 3 is 1.57 bits per heavy atom. The minimum absolute atomic E-state index is 0. The maximum absolute atomic E-state index is 7.75. The number of rotatable bonds is 1. The van der Waals surface area contributed by atoms with E-state index in [9.17, 15) is 0 Å². The third kappa shape index (κ3) is 41.2. The molecule has 0 unspecified atom stereocenters. The maximum Gasteiger partial charge on any atom is 2.00 e. The Kier molecular flexibility index (Phi) is 94.4. The second-order valence-electron chi connectivity index (χ2n) is 0.512. The van der Waals surface area contributed by atoms with Crippen LogP contribution in [-0.2, 0) is 30.6 Å². The van der Waals surface area contributed by atoms with Crippen LogP contribution in [0.5, 0.6) is 0 Å². The summed E-state index contributed by atoms with van der Waals surface area (Å²) in [6.45, 7) is 0.472. The monoisotopic (exact) mass is 190 g/mol. The third-order valence-corrected chi connectivity index (χ3v) is 0.129. The van der Waals surface area contributed by atoms with Crippen LogP contribution in [0, 0.1) is 0 Å². The van der Waals surface area contributed by atoms with E-state index in [0.717, 1.165) is 0 Å². The van der Waals surface area contributed by atoms with Crippen molar-refractivity contribution in [1.82, 2.24) is 0 Å². The molecule has 2 nitrogen and oxygen atoms in total. The summed E-state index contributed by atoms with van der Waals surface area (Å²) in [7, 11) is 0.